The molecule has 2 unspecified atom stereocenters. The number of hydrogen-bond acceptors (Lipinski definition) is 4. The number of hydrogen-bond donors (Lipinski definition) is 2. The predicted molar refractivity (Wildman–Crippen MR) is 72.7 cm³/mol. The van der Waals surface area contributed by atoms with E-state index in [4.69, 9.17) is 9.84 Å². The number of nitrogens with zero attached hydrogens (tertiary/aromatic N) is 1. The fourth-order valence-corrected chi connectivity index (χ4v) is 2.29. The molecular weight excluding hydrogens is 278 g/mol. The maximum absolute atomic E-state index is 12.2. The Hall–Kier alpha value is -2.57. The summed E-state index contributed by atoms with van der Waals surface area (Å²) in [6, 6.07) is 2.99. The third-order valence-corrected chi connectivity index (χ3v) is 3.34. The fourth-order valence-electron chi connectivity index (χ4n) is 2.29. The van der Waals surface area contributed by atoms with Gasteiger partial charge >= 0.3 is 11.9 Å². The topological polar surface area (TPSA) is 104 Å². The third kappa shape index (κ3) is 2.54. The fraction of sp³-hybridized carbons (Fsp3) is 0.357. The minimum absolute atomic E-state index is 0.0126. The van der Waals surface area contributed by atoms with Crippen LogP contribution in [0.1, 0.15) is 30.6 Å². The lowest BCUT2D eigenvalue weighted by Crippen LogP contribution is -2.52. The van der Waals surface area contributed by atoms with Crippen molar-refractivity contribution in [3.05, 3.63) is 23.8 Å². The highest BCUT2D eigenvalue weighted by Crippen LogP contribution is 2.36. The normalized spacial score (nSPS) is 18.7. The number of benzene rings is 1. The van der Waals surface area contributed by atoms with Gasteiger partial charge in [-0.3, -0.25) is 9.69 Å². The van der Waals surface area contributed by atoms with Crippen LogP contribution in [-0.2, 0) is 9.59 Å². The molecule has 0 aromatic heterocycles. The predicted octanol–water partition coefficient (Wildman–Crippen LogP) is 1.36. The molecule has 0 saturated carbocycles. The van der Waals surface area contributed by atoms with E-state index in [1.165, 1.54) is 25.1 Å². The zero-order valence-corrected chi connectivity index (χ0v) is 11.6. The molecule has 1 aromatic carbocycles. The molecule has 1 amide bonds. The Bertz CT molecular complexity index is 611. The highest BCUT2D eigenvalue weighted by Gasteiger charge is 2.38. The summed E-state index contributed by atoms with van der Waals surface area (Å²) in [6.07, 6.45) is -0.636. The summed E-state index contributed by atoms with van der Waals surface area (Å²) in [5.41, 5.74) is 0.288. The lowest BCUT2D eigenvalue weighted by atomic mass is 10.1. The molecule has 0 fully saturated rings. The van der Waals surface area contributed by atoms with Gasteiger partial charge in [-0.15, -0.1) is 0 Å². The second kappa shape index (κ2) is 5.43. The van der Waals surface area contributed by atoms with E-state index in [1.54, 1.807) is 6.92 Å². The molecule has 1 heterocycles. The number of carboxylic acids is 2. The zero-order chi connectivity index (χ0) is 15.7. The van der Waals surface area contributed by atoms with Crippen molar-refractivity contribution >= 4 is 23.5 Å². The zero-order valence-electron chi connectivity index (χ0n) is 11.6. The Morgan fingerprint density at radius 1 is 1.38 bits per heavy atom. The molecule has 0 radical (unpaired) electrons. The van der Waals surface area contributed by atoms with Gasteiger partial charge in [-0.2, -0.15) is 0 Å². The number of aliphatic carboxylic acids is 1. The van der Waals surface area contributed by atoms with Gasteiger partial charge in [0.05, 0.1) is 11.3 Å². The average molecular weight is 293 g/mol. The quantitative estimate of drug-likeness (QED) is 0.868. The molecule has 0 bridgehead atoms. The second-order valence-electron chi connectivity index (χ2n) is 4.72. The van der Waals surface area contributed by atoms with Crippen molar-refractivity contribution < 1.29 is 29.3 Å². The summed E-state index contributed by atoms with van der Waals surface area (Å²) in [4.78, 5) is 35.7. The monoisotopic (exact) mass is 293 g/mol. The van der Waals surface area contributed by atoms with E-state index in [2.05, 4.69) is 0 Å². The molecular formula is C14H15NO6. The lowest BCUT2D eigenvalue weighted by molar-refractivity contribution is -0.141. The SMILES string of the molecule is CCC(C(=O)O)N1C(=O)C(C)Oc2cc(C(=O)O)ccc21. The molecule has 112 valence electrons. The van der Waals surface area contributed by atoms with Crippen LogP contribution in [0.5, 0.6) is 5.75 Å². The number of ether oxygens (including phenoxy) is 1. The molecule has 7 heteroatoms. The van der Waals surface area contributed by atoms with Gasteiger partial charge in [0.1, 0.15) is 11.8 Å². The summed E-state index contributed by atoms with van der Waals surface area (Å²) in [6.45, 7) is 3.16. The van der Waals surface area contributed by atoms with Gasteiger partial charge in [0, 0.05) is 0 Å². The number of carbonyl (C=O) groups excluding carboxylic acids is 1. The van der Waals surface area contributed by atoms with E-state index in [0.29, 0.717) is 0 Å². The molecule has 1 aliphatic rings. The number of anilines is 1. The highest BCUT2D eigenvalue weighted by molar-refractivity contribution is 6.04. The molecule has 0 spiro atoms. The Labute approximate surface area is 120 Å². The van der Waals surface area contributed by atoms with Crippen molar-refractivity contribution in [3.8, 4) is 5.75 Å². The number of carboxylic acid groups (broad SMARTS) is 2. The van der Waals surface area contributed by atoms with Crippen molar-refractivity contribution in [2.75, 3.05) is 4.90 Å². The van der Waals surface area contributed by atoms with Crippen LogP contribution < -0.4 is 9.64 Å². The maximum Gasteiger partial charge on any atom is 0.335 e. The molecule has 7 nitrogen and oxygen atoms in total. The third-order valence-electron chi connectivity index (χ3n) is 3.34. The van der Waals surface area contributed by atoms with Gasteiger partial charge in [-0.1, -0.05) is 6.92 Å². The minimum Gasteiger partial charge on any atom is -0.480 e. The first-order chi connectivity index (χ1) is 9.86. The Kier molecular flexibility index (Phi) is 3.84. The van der Waals surface area contributed by atoms with Crippen LogP contribution >= 0.6 is 0 Å². The van der Waals surface area contributed by atoms with Crippen molar-refractivity contribution in [3.63, 3.8) is 0 Å². The molecule has 1 aromatic rings. The van der Waals surface area contributed by atoms with Crippen LogP contribution in [0.15, 0.2) is 18.2 Å². The van der Waals surface area contributed by atoms with Crippen LogP contribution in [0.4, 0.5) is 5.69 Å². The molecule has 0 saturated heterocycles. The first-order valence-corrected chi connectivity index (χ1v) is 6.46. The molecule has 2 N–H and O–H groups in total. The van der Waals surface area contributed by atoms with Crippen molar-refractivity contribution in [2.45, 2.75) is 32.4 Å². The standard InChI is InChI=1S/C14H15NO6/c1-3-9(14(19)20)15-10-5-4-8(13(17)18)6-11(10)21-7(2)12(15)16/h4-7,9H,3H2,1-2H3,(H,17,18)(H,19,20). The van der Waals surface area contributed by atoms with Gasteiger partial charge in [-0.05, 0) is 31.5 Å². The van der Waals surface area contributed by atoms with Crippen molar-refractivity contribution in [1.82, 2.24) is 0 Å². The van der Waals surface area contributed by atoms with E-state index in [9.17, 15) is 19.5 Å². The van der Waals surface area contributed by atoms with Gasteiger partial charge in [-0.25, -0.2) is 9.59 Å². The molecule has 0 aliphatic carbocycles. The van der Waals surface area contributed by atoms with Crippen molar-refractivity contribution in [1.29, 1.82) is 0 Å². The summed E-state index contributed by atoms with van der Waals surface area (Å²) >= 11 is 0. The van der Waals surface area contributed by atoms with Gasteiger partial charge in [0.2, 0.25) is 0 Å². The van der Waals surface area contributed by atoms with Crippen LogP contribution in [0.25, 0.3) is 0 Å². The smallest absolute Gasteiger partial charge is 0.335 e. The van der Waals surface area contributed by atoms with Crippen LogP contribution in [-0.4, -0.2) is 40.2 Å². The summed E-state index contributed by atoms with van der Waals surface area (Å²) in [7, 11) is 0. The number of carbonyl (C=O) groups is 3. The average Bonchev–Trinajstić information content (AvgIpc) is 2.42. The Morgan fingerprint density at radius 3 is 2.57 bits per heavy atom. The molecule has 2 rings (SSSR count). The Balaban J connectivity index is 2.55. The van der Waals surface area contributed by atoms with Gasteiger partial charge in [0.15, 0.2) is 6.10 Å². The summed E-state index contributed by atoms with van der Waals surface area (Å²) < 4.78 is 5.39. The molecule has 21 heavy (non-hydrogen) atoms. The highest BCUT2D eigenvalue weighted by atomic mass is 16.5. The Morgan fingerprint density at radius 2 is 2.05 bits per heavy atom. The maximum atomic E-state index is 12.2. The number of amides is 1. The van der Waals surface area contributed by atoms with Gasteiger partial charge in [0.25, 0.3) is 5.91 Å². The van der Waals surface area contributed by atoms with Crippen molar-refractivity contribution in [2.24, 2.45) is 0 Å². The number of aromatic carboxylic acids is 1. The molecule has 1 aliphatic heterocycles. The van der Waals surface area contributed by atoms with Crippen LogP contribution in [0.2, 0.25) is 0 Å². The summed E-state index contributed by atoms with van der Waals surface area (Å²) in [5, 5.41) is 18.3. The number of fused-ring (bicyclic) bond motifs is 1. The van der Waals surface area contributed by atoms with E-state index < -0.39 is 30.0 Å². The number of rotatable bonds is 4. The van der Waals surface area contributed by atoms with E-state index >= 15 is 0 Å². The van der Waals surface area contributed by atoms with Crippen LogP contribution in [0.3, 0.4) is 0 Å². The molecule has 2 atom stereocenters. The van der Waals surface area contributed by atoms with E-state index in [-0.39, 0.29) is 23.4 Å². The van der Waals surface area contributed by atoms with Crippen LogP contribution in [0, 0.1) is 0 Å². The first kappa shape index (κ1) is 14.8. The largest absolute Gasteiger partial charge is 0.480 e. The lowest BCUT2D eigenvalue weighted by Gasteiger charge is -2.36. The summed E-state index contributed by atoms with van der Waals surface area (Å²) in [5.74, 6) is -2.50. The van der Waals surface area contributed by atoms with Gasteiger partial charge < -0.3 is 14.9 Å². The second-order valence-corrected chi connectivity index (χ2v) is 4.72. The minimum atomic E-state index is -1.12. The van der Waals surface area contributed by atoms with E-state index in [1.807, 2.05) is 0 Å². The van der Waals surface area contributed by atoms with E-state index in [0.717, 1.165) is 4.90 Å². The first-order valence-electron chi connectivity index (χ1n) is 6.46.